The zero-order valence-electron chi connectivity index (χ0n) is 17.7. The van der Waals surface area contributed by atoms with Crippen LogP contribution in [0.25, 0.3) is 16.9 Å². The van der Waals surface area contributed by atoms with E-state index in [1.54, 1.807) is 6.33 Å². The van der Waals surface area contributed by atoms with Crippen molar-refractivity contribution in [1.29, 1.82) is 0 Å². The number of aromatic nitrogens is 3. The molecule has 3 aromatic carbocycles. The SMILES string of the molecule is O=C(Nc1ccc(Nc2cc(-c3ccccc3)ncn2)cc1)c1ccc(-n2cccc2)cc1. The van der Waals surface area contributed by atoms with Gasteiger partial charge in [-0.2, -0.15) is 0 Å². The van der Waals surface area contributed by atoms with Crippen molar-refractivity contribution in [2.45, 2.75) is 0 Å². The van der Waals surface area contributed by atoms with Crippen LogP contribution in [0, 0.1) is 0 Å². The van der Waals surface area contributed by atoms with E-state index in [9.17, 15) is 4.79 Å². The topological polar surface area (TPSA) is 71.8 Å². The van der Waals surface area contributed by atoms with Gasteiger partial charge in [0.15, 0.2) is 0 Å². The third-order valence-corrected chi connectivity index (χ3v) is 5.18. The molecular formula is C27H21N5O. The third kappa shape index (κ3) is 4.80. The Hall–Kier alpha value is -4.71. The second-order valence-electron chi connectivity index (χ2n) is 7.45. The van der Waals surface area contributed by atoms with Crippen LogP contribution in [0.3, 0.4) is 0 Å². The van der Waals surface area contributed by atoms with E-state index in [0.717, 1.165) is 22.6 Å². The maximum absolute atomic E-state index is 12.6. The molecule has 160 valence electrons. The number of amides is 1. The predicted molar refractivity (Wildman–Crippen MR) is 131 cm³/mol. The van der Waals surface area contributed by atoms with Gasteiger partial charge in [0, 0.05) is 46.6 Å². The average Bonchev–Trinajstić information content (AvgIpc) is 3.41. The summed E-state index contributed by atoms with van der Waals surface area (Å²) in [5.74, 6) is 0.543. The molecule has 5 rings (SSSR count). The van der Waals surface area contributed by atoms with Crippen LogP contribution in [-0.2, 0) is 0 Å². The fourth-order valence-electron chi connectivity index (χ4n) is 3.47. The Bertz CT molecular complexity index is 1350. The van der Waals surface area contributed by atoms with Crippen molar-refractivity contribution in [3.05, 3.63) is 121 Å². The second-order valence-corrected chi connectivity index (χ2v) is 7.45. The predicted octanol–water partition coefficient (Wildman–Crippen LogP) is 5.93. The maximum Gasteiger partial charge on any atom is 0.255 e. The van der Waals surface area contributed by atoms with Gasteiger partial charge in [-0.15, -0.1) is 0 Å². The molecule has 0 atom stereocenters. The molecule has 0 saturated carbocycles. The number of nitrogens with zero attached hydrogens (tertiary/aromatic N) is 3. The fraction of sp³-hybridized carbons (Fsp3) is 0. The van der Waals surface area contributed by atoms with Crippen molar-refractivity contribution in [3.8, 4) is 16.9 Å². The van der Waals surface area contributed by atoms with Gasteiger partial charge in [0.05, 0.1) is 5.69 Å². The molecule has 0 saturated heterocycles. The largest absolute Gasteiger partial charge is 0.340 e. The summed E-state index contributed by atoms with van der Waals surface area (Å²) >= 11 is 0. The molecule has 0 aliphatic carbocycles. The Morgan fingerprint density at radius 3 is 2.15 bits per heavy atom. The number of benzene rings is 3. The second kappa shape index (κ2) is 9.20. The Morgan fingerprint density at radius 2 is 1.42 bits per heavy atom. The van der Waals surface area contributed by atoms with Crippen LogP contribution in [0.1, 0.15) is 10.4 Å². The van der Waals surface area contributed by atoms with Crippen molar-refractivity contribution >= 4 is 23.1 Å². The normalized spacial score (nSPS) is 10.5. The van der Waals surface area contributed by atoms with E-state index in [4.69, 9.17) is 0 Å². The molecule has 5 aromatic rings. The molecule has 0 spiro atoms. The first-order valence-corrected chi connectivity index (χ1v) is 10.5. The lowest BCUT2D eigenvalue weighted by atomic mass is 10.1. The minimum Gasteiger partial charge on any atom is -0.340 e. The van der Waals surface area contributed by atoms with Crippen molar-refractivity contribution < 1.29 is 4.79 Å². The number of carbonyl (C=O) groups excluding carboxylic acids is 1. The number of nitrogens with one attached hydrogen (secondary N) is 2. The van der Waals surface area contributed by atoms with E-state index in [2.05, 4.69) is 20.6 Å². The molecule has 0 radical (unpaired) electrons. The van der Waals surface area contributed by atoms with Crippen molar-refractivity contribution in [1.82, 2.24) is 14.5 Å². The Kier molecular flexibility index (Phi) is 5.63. The molecular weight excluding hydrogens is 410 g/mol. The lowest BCUT2D eigenvalue weighted by molar-refractivity contribution is 0.102. The molecule has 2 heterocycles. The number of anilines is 3. The van der Waals surface area contributed by atoms with Gasteiger partial charge in [-0.1, -0.05) is 30.3 Å². The van der Waals surface area contributed by atoms with Crippen molar-refractivity contribution in [2.75, 3.05) is 10.6 Å². The van der Waals surface area contributed by atoms with Gasteiger partial charge in [-0.3, -0.25) is 4.79 Å². The summed E-state index contributed by atoms with van der Waals surface area (Å²) in [5.41, 5.74) is 5.06. The molecule has 0 unspecified atom stereocenters. The average molecular weight is 431 g/mol. The quantitative estimate of drug-likeness (QED) is 0.350. The third-order valence-electron chi connectivity index (χ3n) is 5.18. The van der Waals surface area contributed by atoms with E-state index in [0.29, 0.717) is 17.1 Å². The van der Waals surface area contributed by atoms with Crippen LogP contribution in [-0.4, -0.2) is 20.4 Å². The lowest BCUT2D eigenvalue weighted by Crippen LogP contribution is -2.11. The summed E-state index contributed by atoms with van der Waals surface area (Å²) in [7, 11) is 0. The highest BCUT2D eigenvalue weighted by atomic mass is 16.1. The first kappa shape index (κ1) is 20.2. The molecule has 0 aliphatic heterocycles. The molecule has 6 nitrogen and oxygen atoms in total. The van der Waals surface area contributed by atoms with Gasteiger partial charge in [-0.25, -0.2) is 9.97 Å². The van der Waals surface area contributed by atoms with Gasteiger partial charge in [0.25, 0.3) is 5.91 Å². The molecule has 0 bridgehead atoms. The van der Waals surface area contributed by atoms with Gasteiger partial charge >= 0.3 is 0 Å². The number of hydrogen-bond donors (Lipinski definition) is 2. The lowest BCUT2D eigenvalue weighted by Gasteiger charge is -2.10. The van der Waals surface area contributed by atoms with Crippen LogP contribution >= 0.6 is 0 Å². The monoisotopic (exact) mass is 431 g/mol. The molecule has 33 heavy (non-hydrogen) atoms. The summed E-state index contributed by atoms with van der Waals surface area (Å²) in [5, 5.41) is 6.21. The minimum absolute atomic E-state index is 0.155. The van der Waals surface area contributed by atoms with E-state index in [1.165, 1.54) is 0 Å². The highest BCUT2D eigenvalue weighted by molar-refractivity contribution is 6.04. The Labute approximate surface area is 191 Å². The maximum atomic E-state index is 12.6. The van der Waals surface area contributed by atoms with Crippen molar-refractivity contribution in [3.63, 3.8) is 0 Å². The summed E-state index contributed by atoms with van der Waals surface area (Å²) in [6, 6.07) is 30.8. The molecule has 0 aliphatic rings. The van der Waals surface area contributed by atoms with Crippen LogP contribution in [0.4, 0.5) is 17.2 Å². The molecule has 0 fully saturated rings. The van der Waals surface area contributed by atoms with Gasteiger partial charge in [0.2, 0.25) is 0 Å². The Morgan fingerprint density at radius 1 is 0.727 bits per heavy atom. The van der Waals surface area contributed by atoms with Gasteiger partial charge < -0.3 is 15.2 Å². The molecule has 6 heteroatoms. The molecule has 1 amide bonds. The molecule has 2 aromatic heterocycles. The van der Waals surface area contributed by atoms with Crippen LogP contribution in [0.15, 0.2) is 116 Å². The smallest absolute Gasteiger partial charge is 0.255 e. The van der Waals surface area contributed by atoms with Gasteiger partial charge in [-0.05, 0) is 60.7 Å². The number of rotatable bonds is 6. The first-order chi connectivity index (χ1) is 16.2. The highest BCUT2D eigenvalue weighted by Crippen LogP contribution is 2.22. The van der Waals surface area contributed by atoms with E-state index in [1.807, 2.05) is 114 Å². The first-order valence-electron chi connectivity index (χ1n) is 10.5. The minimum atomic E-state index is -0.155. The summed E-state index contributed by atoms with van der Waals surface area (Å²) in [6.45, 7) is 0. The van der Waals surface area contributed by atoms with Gasteiger partial charge in [0.1, 0.15) is 12.1 Å². The van der Waals surface area contributed by atoms with Crippen LogP contribution in [0.2, 0.25) is 0 Å². The summed E-state index contributed by atoms with van der Waals surface area (Å²) < 4.78 is 1.99. The Balaban J connectivity index is 1.23. The number of carbonyl (C=O) groups is 1. The van der Waals surface area contributed by atoms with E-state index in [-0.39, 0.29) is 5.91 Å². The zero-order valence-corrected chi connectivity index (χ0v) is 17.7. The summed E-state index contributed by atoms with van der Waals surface area (Å²) in [6.07, 6.45) is 5.48. The zero-order chi connectivity index (χ0) is 22.5. The van der Waals surface area contributed by atoms with E-state index >= 15 is 0 Å². The fourth-order valence-corrected chi connectivity index (χ4v) is 3.47. The van der Waals surface area contributed by atoms with Crippen LogP contribution in [0.5, 0.6) is 0 Å². The van der Waals surface area contributed by atoms with Crippen molar-refractivity contribution in [2.24, 2.45) is 0 Å². The van der Waals surface area contributed by atoms with Crippen LogP contribution < -0.4 is 10.6 Å². The summed E-state index contributed by atoms with van der Waals surface area (Å²) in [4.78, 5) is 21.3. The number of hydrogen-bond acceptors (Lipinski definition) is 4. The highest BCUT2D eigenvalue weighted by Gasteiger charge is 2.07. The molecule has 2 N–H and O–H groups in total. The standard InChI is InChI=1S/C27H21N5O/c33-27(21-8-14-24(15-9-21)32-16-4-5-17-32)31-23-12-10-22(11-13-23)30-26-18-25(28-19-29-26)20-6-2-1-3-7-20/h1-19H,(H,31,33)(H,28,29,30). The van der Waals surface area contributed by atoms with E-state index < -0.39 is 0 Å².